The zero-order chi connectivity index (χ0) is 29.8. The van der Waals surface area contributed by atoms with Crippen molar-refractivity contribution in [3.05, 3.63) is 88.9 Å². The van der Waals surface area contributed by atoms with Gasteiger partial charge in [0.1, 0.15) is 23.2 Å². The summed E-state index contributed by atoms with van der Waals surface area (Å²) in [6.45, 7) is 5.89. The summed E-state index contributed by atoms with van der Waals surface area (Å²) in [5.74, 6) is -0.987. The molecule has 4 rings (SSSR count). The minimum absolute atomic E-state index is 0.0219. The maximum absolute atomic E-state index is 13.7. The van der Waals surface area contributed by atoms with E-state index < -0.39 is 29.1 Å². The fraction of sp³-hybridized carbons (Fsp3) is 0.310. The number of rotatable bonds is 10. The zero-order valence-electron chi connectivity index (χ0n) is 22.6. The van der Waals surface area contributed by atoms with Gasteiger partial charge in [-0.15, -0.1) is 5.10 Å². The molecule has 2 heterocycles. The van der Waals surface area contributed by atoms with Crippen molar-refractivity contribution in [1.82, 2.24) is 20.2 Å². The largest absolute Gasteiger partial charge is 0.494 e. The number of H-pyrrole nitrogens is 1. The van der Waals surface area contributed by atoms with Gasteiger partial charge in [-0.25, -0.2) is 14.4 Å². The summed E-state index contributed by atoms with van der Waals surface area (Å²) >= 11 is 0. The van der Waals surface area contributed by atoms with E-state index >= 15 is 0 Å². The number of nitrogens with one attached hydrogen (secondary N) is 2. The molecule has 3 N–H and O–H groups in total. The van der Waals surface area contributed by atoms with Crippen LogP contribution in [0.15, 0.2) is 54.7 Å². The highest BCUT2D eigenvalue weighted by molar-refractivity contribution is 6.01. The Balaban J connectivity index is 1.43. The topological polar surface area (TPSA) is 113 Å². The van der Waals surface area contributed by atoms with Crippen molar-refractivity contribution < 1.29 is 32.2 Å². The quantitative estimate of drug-likeness (QED) is 0.157. The van der Waals surface area contributed by atoms with E-state index in [9.17, 15) is 27.5 Å². The van der Waals surface area contributed by atoms with Gasteiger partial charge >= 0.3 is 6.18 Å². The summed E-state index contributed by atoms with van der Waals surface area (Å²) in [4.78, 5) is 21.0. The number of carbonyl (C=O) groups excluding carboxylic acids is 1. The van der Waals surface area contributed by atoms with E-state index in [1.165, 1.54) is 6.20 Å². The summed E-state index contributed by atoms with van der Waals surface area (Å²) in [7, 11) is 0. The van der Waals surface area contributed by atoms with E-state index in [0.29, 0.717) is 31.3 Å². The number of benzene rings is 2. The lowest BCUT2D eigenvalue weighted by atomic mass is 10.0. The molecule has 41 heavy (non-hydrogen) atoms. The maximum Gasteiger partial charge on any atom is 0.416 e. The molecule has 0 spiro atoms. The van der Waals surface area contributed by atoms with Crippen molar-refractivity contribution in [2.75, 3.05) is 11.9 Å². The molecule has 0 bridgehead atoms. The molecule has 8 nitrogen and oxygen atoms in total. The Kier molecular flexibility index (Phi) is 8.72. The standard InChI is InChI=1S/C29H29F4N5O3/c1-17-5-6-22(41-10-4-8-28(2,3)40)16-23(17)19-7-9-34-24(14-19)36-27(39)26-35-25(37-38-26)13-18-11-20(29(31,32)33)15-21(30)12-18/h5-7,9,11-12,14-16,40H,4,8,10,13H2,1-3H3,(H,34,36,39)(H,35,37,38). The van der Waals surface area contributed by atoms with Gasteiger partial charge in [-0.05, 0) is 98.3 Å². The molecule has 12 heteroatoms. The predicted molar refractivity (Wildman–Crippen MR) is 144 cm³/mol. The summed E-state index contributed by atoms with van der Waals surface area (Å²) < 4.78 is 58.6. The van der Waals surface area contributed by atoms with Crippen LogP contribution in [0.4, 0.5) is 23.4 Å². The smallest absolute Gasteiger partial charge is 0.416 e. The summed E-state index contributed by atoms with van der Waals surface area (Å²) in [5.41, 5.74) is 0.771. The molecule has 1 amide bonds. The molecular formula is C29H29F4N5O3. The zero-order valence-corrected chi connectivity index (χ0v) is 22.6. The first kappa shape index (κ1) is 29.7. The Labute approximate surface area is 233 Å². The lowest BCUT2D eigenvalue weighted by Crippen LogP contribution is -2.19. The lowest BCUT2D eigenvalue weighted by molar-refractivity contribution is -0.137. The first-order valence-electron chi connectivity index (χ1n) is 12.8. The highest BCUT2D eigenvalue weighted by Crippen LogP contribution is 2.31. The number of nitrogens with zero attached hydrogens (tertiary/aromatic N) is 3. The highest BCUT2D eigenvalue weighted by atomic mass is 19.4. The second-order valence-corrected chi connectivity index (χ2v) is 10.3. The van der Waals surface area contributed by atoms with E-state index in [1.807, 2.05) is 25.1 Å². The molecule has 0 aliphatic carbocycles. The number of aromatic nitrogens is 4. The molecule has 0 saturated heterocycles. The molecule has 0 unspecified atom stereocenters. The third-order valence-electron chi connectivity index (χ3n) is 6.11. The summed E-state index contributed by atoms with van der Waals surface area (Å²) in [5, 5.41) is 18.8. The van der Waals surface area contributed by atoms with Crippen molar-refractivity contribution in [3.63, 3.8) is 0 Å². The van der Waals surface area contributed by atoms with E-state index in [0.717, 1.165) is 28.8 Å². The summed E-state index contributed by atoms with van der Waals surface area (Å²) in [6.07, 6.45) is -2.06. The summed E-state index contributed by atoms with van der Waals surface area (Å²) in [6, 6.07) is 11.3. The predicted octanol–water partition coefficient (Wildman–Crippen LogP) is 6.11. The number of halogens is 4. The van der Waals surface area contributed by atoms with Gasteiger partial charge in [-0.2, -0.15) is 13.2 Å². The van der Waals surface area contributed by atoms with Gasteiger partial charge in [-0.3, -0.25) is 9.89 Å². The van der Waals surface area contributed by atoms with E-state index in [2.05, 4.69) is 25.5 Å². The molecule has 216 valence electrons. The average molecular weight is 572 g/mol. The molecule has 2 aromatic carbocycles. The molecule has 0 radical (unpaired) electrons. The number of ether oxygens (including phenoxy) is 1. The number of aryl methyl sites for hydroxylation is 1. The normalized spacial score (nSPS) is 11.9. The Hall–Kier alpha value is -4.32. The van der Waals surface area contributed by atoms with Gasteiger partial charge in [-0.1, -0.05) is 6.07 Å². The monoisotopic (exact) mass is 571 g/mol. The minimum Gasteiger partial charge on any atom is -0.494 e. The Morgan fingerprint density at radius 1 is 1.10 bits per heavy atom. The molecule has 0 atom stereocenters. The number of anilines is 1. The van der Waals surface area contributed by atoms with Crippen molar-refractivity contribution in [2.24, 2.45) is 0 Å². The molecule has 0 fully saturated rings. The van der Waals surface area contributed by atoms with E-state index in [1.54, 1.807) is 26.0 Å². The van der Waals surface area contributed by atoms with Crippen LogP contribution in [0.25, 0.3) is 11.1 Å². The first-order chi connectivity index (χ1) is 19.3. The van der Waals surface area contributed by atoms with Gasteiger partial charge in [0.2, 0.25) is 5.82 Å². The van der Waals surface area contributed by atoms with Gasteiger partial charge < -0.3 is 15.2 Å². The van der Waals surface area contributed by atoms with Crippen LogP contribution in [0.1, 0.15) is 59.8 Å². The maximum atomic E-state index is 13.7. The Bertz CT molecular complexity index is 1530. The third kappa shape index (κ3) is 8.34. The number of aliphatic hydroxyl groups is 1. The number of carbonyl (C=O) groups is 1. The van der Waals surface area contributed by atoms with Gasteiger partial charge in [0.25, 0.3) is 5.91 Å². The van der Waals surface area contributed by atoms with Crippen LogP contribution in [0.3, 0.4) is 0 Å². The van der Waals surface area contributed by atoms with Gasteiger partial charge in [0, 0.05) is 12.6 Å². The molecule has 2 aromatic heterocycles. The number of hydrogen-bond donors (Lipinski definition) is 3. The van der Waals surface area contributed by atoms with E-state index in [-0.39, 0.29) is 29.5 Å². The molecule has 0 aliphatic heterocycles. The van der Waals surface area contributed by atoms with Crippen molar-refractivity contribution >= 4 is 11.7 Å². The average Bonchev–Trinajstić information content (AvgIpc) is 3.35. The number of amides is 1. The molecule has 4 aromatic rings. The number of aromatic amines is 1. The number of hydrogen-bond acceptors (Lipinski definition) is 6. The van der Waals surface area contributed by atoms with Crippen LogP contribution in [0.5, 0.6) is 5.75 Å². The molecule has 0 saturated carbocycles. The Morgan fingerprint density at radius 2 is 1.88 bits per heavy atom. The third-order valence-corrected chi connectivity index (χ3v) is 6.11. The second-order valence-electron chi connectivity index (χ2n) is 10.3. The van der Waals surface area contributed by atoms with Crippen LogP contribution in [0.2, 0.25) is 0 Å². The number of alkyl halides is 3. The second kappa shape index (κ2) is 12.0. The first-order valence-corrected chi connectivity index (χ1v) is 12.8. The van der Waals surface area contributed by atoms with Crippen molar-refractivity contribution in [1.29, 1.82) is 0 Å². The van der Waals surface area contributed by atoms with E-state index in [4.69, 9.17) is 4.74 Å². The fourth-order valence-corrected chi connectivity index (χ4v) is 4.12. The highest BCUT2D eigenvalue weighted by Gasteiger charge is 2.31. The van der Waals surface area contributed by atoms with Crippen molar-refractivity contribution in [3.8, 4) is 16.9 Å². The van der Waals surface area contributed by atoms with Gasteiger partial charge in [0.05, 0.1) is 17.8 Å². The SMILES string of the molecule is Cc1ccc(OCCCC(C)(C)O)cc1-c1ccnc(NC(=O)c2n[nH]c(Cc3cc(F)cc(C(F)(F)F)c3)n2)c1. The number of pyridine rings is 1. The van der Waals surface area contributed by atoms with Crippen LogP contribution in [-0.4, -0.2) is 43.4 Å². The molecule has 0 aliphatic rings. The van der Waals surface area contributed by atoms with Gasteiger partial charge in [0.15, 0.2) is 0 Å². The van der Waals surface area contributed by atoms with Crippen LogP contribution >= 0.6 is 0 Å². The Morgan fingerprint density at radius 3 is 2.61 bits per heavy atom. The van der Waals surface area contributed by atoms with Crippen LogP contribution in [0, 0.1) is 12.7 Å². The molecular weight excluding hydrogens is 542 g/mol. The van der Waals surface area contributed by atoms with Crippen LogP contribution < -0.4 is 10.1 Å². The van der Waals surface area contributed by atoms with Crippen molar-refractivity contribution in [2.45, 2.75) is 51.8 Å². The fourth-order valence-electron chi connectivity index (χ4n) is 4.12. The van der Waals surface area contributed by atoms with Crippen LogP contribution in [-0.2, 0) is 12.6 Å². The lowest BCUT2D eigenvalue weighted by Gasteiger charge is -2.17. The minimum atomic E-state index is -4.70.